The summed E-state index contributed by atoms with van der Waals surface area (Å²) in [7, 11) is 0. The molecule has 0 aliphatic rings. The molecule has 0 aliphatic heterocycles. The summed E-state index contributed by atoms with van der Waals surface area (Å²) in [5, 5.41) is 14.4. The smallest absolute Gasteiger partial charge is 0.146 e. The maximum Gasteiger partial charge on any atom is 0.146 e. The lowest BCUT2D eigenvalue weighted by atomic mass is 10.3. The maximum atomic E-state index is 9.34. The molecule has 0 saturated carbocycles. The first kappa shape index (κ1) is 13.3. The van der Waals surface area contributed by atoms with Crippen LogP contribution in [0.5, 0.6) is 0 Å². The van der Waals surface area contributed by atoms with E-state index in [-0.39, 0.29) is 0 Å². The Morgan fingerprint density at radius 2 is 1.62 bits per heavy atom. The van der Waals surface area contributed by atoms with Crippen molar-refractivity contribution in [3.8, 4) is 11.8 Å². The van der Waals surface area contributed by atoms with Crippen molar-refractivity contribution in [1.82, 2.24) is 9.78 Å². The molecule has 0 aliphatic carbocycles. The summed E-state index contributed by atoms with van der Waals surface area (Å²) in [5.74, 6) is 0.363. The van der Waals surface area contributed by atoms with Gasteiger partial charge < -0.3 is 5.73 Å². The van der Waals surface area contributed by atoms with Crippen molar-refractivity contribution in [2.75, 3.05) is 5.73 Å². The minimum Gasteiger partial charge on any atom is -0.382 e. The molecule has 3 rings (SSSR count). The van der Waals surface area contributed by atoms with Gasteiger partial charge in [-0.25, -0.2) is 4.68 Å². The summed E-state index contributed by atoms with van der Waals surface area (Å²) >= 11 is 1.43. The lowest BCUT2D eigenvalue weighted by Crippen LogP contribution is -2.01. The molecule has 5 heteroatoms. The van der Waals surface area contributed by atoms with Gasteiger partial charge in [0, 0.05) is 4.90 Å². The number of para-hydroxylation sites is 1. The standard InChI is InChI=1S/C16H12N4S/c17-11-14-15(18)20(12-7-3-1-4-8-12)19-16(14)21-13-9-5-2-6-10-13/h1-10H,18H2. The van der Waals surface area contributed by atoms with Crippen molar-refractivity contribution in [3.05, 3.63) is 66.2 Å². The zero-order valence-electron chi connectivity index (χ0n) is 11.1. The summed E-state index contributed by atoms with van der Waals surface area (Å²) in [5.41, 5.74) is 7.31. The Morgan fingerprint density at radius 3 is 2.24 bits per heavy atom. The fourth-order valence-corrected chi connectivity index (χ4v) is 2.84. The van der Waals surface area contributed by atoms with Crippen LogP contribution in [-0.2, 0) is 0 Å². The molecule has 0 bridgehead atoms. The van der Waals surface area contributed by atoms with Gasteiger partial charge in [0.25, 0.3) is 0 Å². The summed E-state index contributed by atoms with van der Waals surface area (Å²) in [6, 6.07) is 21.5. The van der Waals surface area contributed by atoms with E-state index in [0.29, 0.717) is 16.4 Å². The third kappa shape index (κ3) is 2.62. The van der Waals surface area contributed by atoms with Crippen molar-refractivity contribution in [2.24, 2.45) is 0 Å². The molecule has 0 spiro atoms. The predicted molar refractivity (Wildman–Crippen MR) is 83.3 cm³/mol. The van der Waals surface area contributed by atoms with Crippen molar-refractivity contribution in [3.63, 3.8) is 0 Å². The van der Waals surface area contributed by atoms with Crippen molar-refractivity contribution in [1.29, 1.82) is 5.26 Å². The lowest BCUT2D eigenvalue weighted by Gasteiger charge is -2.02. The normalized spacial score (nSPS) is 10.2. The van der Waals surface area contributed by atoms with Gasteiger partial charge in [-0.3, -0.25) is 0 Å². The van der Waals surface area contributed by atoms with Gasteiger partial charge in [0.1, 0.15) is 22.5 Å². The molecular weight excluding hydrogens is 280 g/mol. The molecule has 0 atom stereocenters. The Labute approximate surface area is 126 Å². The van der Waals surface area contributed by atoms with Crippen molar-refractivity contribution >= 4 is 17.6 Å². The van der Waals surface area contributed by atoms with Crippen LogP contribution in [0.15, 0.2) is 70.6 Å². The van der Waals surface area contributed by atoms with Crippen LogP contribution in [0.4, 0.5) is 5.82 Å². The molecule has 2 aromatic carbocycles. The molecule has 0 unspecified atom stereocenters. The molecule has 3 aromatic rings. The van der Waals surface area contributed by atoms with Crippen LogP contribution >= 0.6 is 11.8 Å². The van der Waals surface area contributed by atoms with Crippen LogP contribution in [-0.4, -0.2) is 9.78 Å². The van der Waals surface area contributed by atoms with E-state index in [2.05, 4.69) is 11.2 Å². The number of hydrogen-bond acceptors (Lipinski definition) is 4. The first-order valence-electron chi connectivity index (χ1n) is 6.36. The molecule has 4 nitrogen and oxygen atoms in total. The van der Waals surface area contributed by atoms with E-state index in [1.54, 1.807) is 4.68 Å². The fraction of sp³-hybridized carbons (Fsp3) is 0. The highest BCUT2D eigenvalue weighted by molar-refractivity contribution is 7.99. The lowest BCUT2D eigenvalue weighted by molar-refractivity contribution is 0.845. The predicted octanol–water partition coefficient (Wildman–Crippen LogP) is 3.48. The van der Waals surface area contributed by atoms with Gasteiger partial charge in [-0.1, -0.05) is 48.2 Å². The molecule has 2 N–H and O–H groups in total. The summed E-state index contributed by atoms with van der Waals surface area (Å²) < 4.78 is 1.60. The van der Waals surface area contributed by atoms with Crippen LogP contribution < -0.4 is 5.73 Å². The molecule has 0 amide bonds. The van der Waals surface area contributed by atoms with E-state index in [9.17, 15) is 5.26 Å². The second-order valence-corrected chi connectivity index (χ2v) is 5.40. The average molecular weight is 292 g/mol. The first-order valence-corrected chi connectivity index (χ1v) is 7.18. The monoisotopic (exact) mass is 292 g/mol. The van der Waals surface area contributed by atoms with E-state index in [0.717, 1.165) is 10.6 Å². The number of benzene rings is 2. The zero-order chi connectivity index (χ0) is 14.7. The Kier molecular flexibility index (Phi) is 3.63. The molecule has 0 fully saturated rings. The number of nitriles is 1. The summed E-state index contributed by atoms with van der Waals surface area (Å²) in [6.45, 7) is 0. The van der Waals surface area contributed by atoms with E-state index in [1.807, 2.05) is 60.7 Å². The quantitative estimate of drug-likeness (QED) is 0.802. The second kappa shape index (κ2) is 5.73. The third-order valence-electron chi connectivity index (χ3n) is 2.96. The Balaban J connectivity index is 2.04. The van der Waals surface area contributed by atoms with E-state index in [1.165, 1.54) is 11.8 Å². The average Bonchev–Trinajstić information content (AvgIpc) is 2.85. The van der Waals surface area contributed by atoms with Gasteiger partial charge in [0.05, 0.1) is 5.69 Å². The molecule has 0 radical (unpaired) electrons. The number of hydrogen-bond donors (Lipinski definition) is 1. The van der Waals surface area contributed by atoms with Gasteiger partial charge in [-0.15, -0.1) is 0 Å². The second-order valence-electron chi connectivity index (χ2n) is 4.34. The molecule has 0 saturated heterocycles. The Bertz CT molecular complexity index is 788. The van der Waals surface area contributed by atoms with E-state index >= 15 is 0 Å². The SMILES string of the molecule is N#Cc1c(Sc2ccccc2)nn(-c2ccccc2)c1N. The van der Waals surface area contributed by atoms with Crippen molar-refractivity contribution in [2.45, 2.75) is 9.92 Å². The van der Waals surface area contributed by atoms with Crippen LogP contribution in [0.2, 0.25) is 0 Å². The summed E-state index contributed by atoms with van der Waals surface area (Å²) in [4.78, 5) is 1.02. The first-order chi connectivity index (χ1) is 10.3. The highest BCUT2D eigenvalue weighted by atomic mass is 32.2. The number of aromatic nitrogens is 2. The third-order valence-corrected chi connectivity index (χ3v) is 3.95. The molecule has 102 valence electrons. The number of nitrogens with zero attached hydrogens (tertiary/aromatic N) is 3. The molecular formula is C16H12N4S. The van der Waals surface area contributed by atoms with Crippen LogP contribution in [0.1, 0.15) is 5.56 Å². The largest absolute Gasteiger partial charge is 0.382 e. The number of nitrogens with two attached hydrogens (primary N) is 1. The Morgan fingerprint density at radius 1 is 1.00 bits per heavy atom. The van der Waals surface area contributed by atoms with Crippen LogP contribution in [0.25, 0.3) is 5.69 Å². The van der Waals surface area contributed by atoms with E-state index in [4.69, 9.17) is 5.73 Å². The number of nitrogen functional groups attached to an aromatic ring is 1. The fourth-order valence-electron chi connectivity index (χ4n) is 1.95. The van der Waals surface area contributed by atoms with Crippen LogP contribution in [0, 0.1) is 11.3 Å². The van der Waals surface area contributed by atoms with Gasteiger partial charge in [-0.2, -0.15) is 10.4 Å². The topological polar surface area (TPSA) is 67.6 Å². The van der Waals surface area contributed by atoms with Crippen LogP contribution in [0.3, 0.4) is 0 Å². The minimum atomic E-state index is 0.363. The molecule has 1 aromatic heterocycles. The van der Waals surface area contributed by atoms with Gasteiger partial charge >= 0.3 is 0 Å². The van der Waals surface area contributed by atoms with E-state index < -0.39 is 0 Å². The van der Waals surface area contributed by atoms with Gasteiger partial charge in [0.2, 0.25) is 0 Å². The van der Waals surface area contributed by atoms with Crippen molar-refractivity contribution < 1.29 is 0 Å². The summed E-state index contributed by atoms with van der Waals surface area (Å²) in [6.07, 6.45) is 0. The molecule has 1 heterocycles. The van der Waals surface area contributed by atoms with Gasteiger partial charge in [0.15, 0.2) is 0 Å². The maximum absolute atomic E-state index is 9.34. The highest BCUT2D eigenvalue weighted by Crippen LogP contribution is 2.32. The Hall–Kier alpha value is -2.71. The van der Waals surface area contributed by atoms with Gasteiger partial charge in [-0.05, 0) is 24.3 Å². The number of anilines is 1. The molecule has 21 heavy (non-hydrogen) atoms. The minimum absolute atomic E-state index is 0.363. The zero-order valence-corrected chi connectivity index (χ0v) is 11.9. The number of rotatable bonds is 3. The highest BCUT2D eigenvalue weighted by Gasteiger charge is 2.17.